The van der Waals surface area contributed by atoms with Crippen LogP contribution < -0.4 is 5.32 Å². The number of amides is 1. The van der Waals surface area contributed by atoms with Crippen molar-refractivity contribution in [2.45, 2.75) is 13.5 Å². The molecule has 5 heteroatoms. The van der Waals surface area contributed by atoms with Crippen molar-refractivity contribution < 1.29 is 14.4 Å². The van der Waals surface area contributed by atoms with E-state index in [9.17, 15) is 4.79 Å². The van der Waals surface area contributed by atoms with Gasteiger partial charge in [0.2, 0.25) is 0 Å². The van der Waals surface area contributed by atoms with E-state index in [0.29, 0.717) is 17.9 Å². The molecule has 0 unspecified atom stereocenters. The fraction of sp³-hybridized carbons (Fsp3) is 0.200. The number of aryl methyl sites for hydroxylation is 1. The Hall–Kier alpha value is -2.58. The van der Waals surface area contributed by atoms with Gasteiger partial charge in [0.15, 0.2) is 5.76 Å². The molecule has 0 saturated heterocycles. The van der Waals surface area contributed by atoms with Gasteiger partial charge < -0.3 is 14.9 Å². The Bertz CT molecular complexity index is 651. The highest BCUT2D eigenvalue weighted by Crippen LogP contribution is 2.10. The van der Waals surface area contributed by atoms with Crippen molar-refractivity contribution in [3.63, 3.8) is 0 Å². The molecule has 0 fully saturated rings. The molecule has 1 heterocycles. The second-order valence-corrected chi connectivity index (χ2v) is 4.15. The number of hydrogen-bond donors (Lipinski definition) is 2. The van der Waals surface area contributed by atoms with E-state index < -0.39 is 0 Å². The minimum Gasteiger partial charge on any atom is -0.384 e. The maximum Gasteiger partial charge on any atom is 0.251 e. The number of carbonyl (C=O) groups is 1. The van der Waals surface area contributed by atoms with E-state index in [1.807, 2.05) is 6.92 Å². The first-order valence-corrected chi connectivity index (χ1v) is 6.09. The second-order valence-electron chi connectivity index (χ2n) is 4.15. The molecule has 2 rings (SSSR count). The molecule has 0 radical (unpaired) electrons. The van der Waals surface area contributed by atoms with Crippen molar-refractivity contribution in [2.24, 2.45) is 0 Å². The Morgan fingerprint density at radius 3 is 2.95 bits per heavy atom. The smallest absolute Gasteiger partial charge is 0.251 e. The molecule has 0 aliphatic rings. The monoisotopic (exact) mass is 270 g/mol. The van der Waals surface area contributed by atoms with Crippen LogP contribution in [-0.4, -0.2) is 22.8 Å². The molecule has 0 spiro atoms. The van der Waals surface area contributed by atoms with Crippen molar-refractivity contribution in [3.05, 3.63) is 52.9 Å². The van der Waals surface area contributed by atoms with Crippen LogP contribution in [0.1, 0.15) is 27.2 Å². The van der Waals surface area contributed by atoms with Crippen LogP contribution in [0.3, 0.4) is 0 Å². The molecule has 0 saturated carbocycles. The fourth-order valence-electron chi connectivity index (χ4n) is 1.68. The summed E-state index contributed by atoms with van der Waals surface area (Å²) < 4.78 is 4.90. The number of aliphatic hydroxyl groups is 1. The van der Waals surface area contributed by atoms with Gasteiger partial charge in [-0.05, 0) is 30.7 Å². The highest BCUT2D eigenvalue weighted by molar-refractivity contribution is 5.94. The summed E-state index contributed by atoms with van der Waals surface area (Å²) in [5.74, 6) is 5.82. The first kappa shape index (κ1) is 13.8. The Kier molecular flexibility index (Phi) is 4.53. The lowest BCUT2D eigenvalue weighted by Gasteiger charge is -2.05. The molecule has 5 nitrogen and oxygen atoms in total. The van der Waals surface area contributed by atoms with Crippen LogP contribution in [0.5, 0.6) is 0 Å². The van der Waals surface area contributed by atoms with Gasteiger partial charge in [0.1, 0.15) is 6.61 Å². The van der Waals surface area contributed by atoms with Gasteiger partial charge in [-0.25, -0.2) is 0 Å². The SMILES string of the molecule is Cc1cc(C(=O)NCc2ccno2)ccc1C#CCO. The van der Waals surface area contributed by atoms with Gasteiger partial charge >= 0.3 is 0 Å². The molecular weight excluding hydrogens is 256 g/mol. The topological polar surface area (TPSA) is 75.4 Å². The van der Waals surface area contributed by atoms with E-state index in [1.165, 1.54) is 6.20 Å². The number of benzene rings is 1. The van der Waals surface area contributed by atoms with Gasteiger partial charge in [0, 0.05) is 17.2 Å². The second kappa shape index (κ2) is 6.55. The molecule has 0 aliphatic carbocycles. The number of carbonyl (C=O) groups excluding carboxylic acids is 1. The minimum absolute atomic E-state index is 0.182. The molecule has 0 aliphatic heterocycles. The number of rotatable bonds is 3. The van der Waals surface area contributed by atoms with Crippen molar-refractivity contribution in [1.82, 2.24) is 10.5 Å². The third-order valence-corrected chi connectivity index (χ3v) is 2.71. The summed E-state index contributed by atoms with van der Waals surface area (Å²) in [6.07, 6.45) is 1.53. The largest absolute Gasteiger partial charge is 0.384 e. The van der Waals surface area contributed by atoms with Gasteiger partial charge in [0.05, 0.1) is 12.7 Å². The molecular formula is C15H14N2O3. The summed E-state index contributed by atoms with van der Waals surface area (Å²) in [7, 11) is 0. The maximum atomic E-state index is 12.0. The van der Waals surface area contributed by atoms with E-state index in [1.54, 1.807) is 24.3 Å². The van der Waals surface area contributed by atoms with Gasteiger partial charge in [-0.15, -0.1) is 0 Å². The average molecular weight is 270 g/mol. The van der Waals surface area contributed by atoms with Crippen LogP contribution >= 0.6 is 0 Å². The molecule has 20 heavy (non-hydrogen) atoms. The Balaban J connectivity index is 2.05. The van der Waals surface area contributed by atoms with Gasteiger partial charge in [-0.1, -0.05) is 17.0 Å². The van der Waals surface area contributed by atoms with E-state index in [-0.39, 0.29) is 12.5 Å². The van der Waals surface area contributed by atoms with Gasteiger partial charge in [-0.3, -0.25) is 4.79 Å². The average Bonchev–Trinajstić information content (AvgIpc) is 2.96. The van der Waals surface area contributed by atoms with Crippen LogP contribution in [0.4, 0.5) is 0 Å². The third kappa shape index (κ3) is 3.46. The van der Waals surface area contributed by atoms with Gasteiger partial charge in [0.25, 0.3) is 5.91 Å². The Morgan fingerprint density at radius 2 is 2.30 bits per heavy atom. The molecule has 1 amide bonds. The third-order valence-electron chi connectivity index (χ3n) is 2.71. The molecule has 2 aromatic rings. The highest BCUT2D eigenvalue weighted by Gasteiger charge is 2.08. The van der Waals surface area contributed by atoms with Crippen LogP contribution in [0.2, 0.25) is 0 Å². The van der Waals surface area contributed by atoms with E-state index in [2.05, 4.69) is 22.3 Å². The number of aliphatic hydroxyl groups excluding tert-OH is 1. The lowest BCUT2D eigenvalue weighted by molar-refractivity contribution is 0.0947. The fourth-order valence-corrected chi connectivity index (χ4v) is 1.68. The predicted molar refractivity (Wildman–Crippen MR) is 72.8 cm³/mol. The first-order valence-electron chi connectivity index (χ1n) is 6.09. The molecule has 2 N–H and O–H groups in total. The zero-order chi connectivity index (χ0) is 14.4. The summed E-state index contributed by atoms with van der Waals surface area (Å²) in [4.78, 5) is 12.0. The number of aromatic nitrogens is 1. The Morgan fingerprint density at radius 1 is 1.45 bits per heavy atom. The molecule has 0 atom stereocenters. The van der Waals surface area contributed by atoms with Crippen molar-refractivity contribution in [2.75, 3.05) is 6.61 Å². The lowest BCUT2D eigenvalue weighted by Crippen LogP contribution is -2.22. The van der Waals surface area contributed by atoms with E-state index in [0.717, 1.165) is 11.1 Å². The van der Waals surface area contributed by atoms with Crippen LogP contribution in [0.15, 0.2) is 35.0 Å². The van der Waals surface area contributed by atoms with Crippen LogP contribution in [0.25, 0.3) is 0 Å². The summed E-state index contributed by atoms with van der Waals surface area (Å²) in [6, 6.07) is 6.92. The molecule has 1 aromatic carbocycles. The standard InChI is InChI=1S/C15H14N2O3/c1-11-9-13(5-4-12(11)3-2-8-18)15(19)16-10-14-6-7-17-20-14/h4-7,9,18H,8,10H2,1H3,(H,16,19). The molecule has 1 aromatic heterocycles. The summed E-state index contributed by atoms with van der Waals surface area (Å²) in [5, 5.41) is 15.0. The number of nitrogens with one attached hydrogen (secondary N) is 1. The molecule has 0 bridgehead atoms. The van der Waals surface area contributed by atoms with Crippen molar-refractivity contribution >= 4 is 5.91 Å². The number of hydrogen-bond acceptors (Lipinski definition) is 4. The van der Waals surface area contributed by atoms with Crippen molar-refractivity contribution in [3.8, 4) is 11.8 Å². The van der Waals surface area contributed by atoms with Crippen molar-refractivity contribution in [1.29, 1.82) is 0 Å². The first-order chi connectivity index (χ1) is 9.70. The zero-order valence-electron chi connectivity index (χ0n) is 11.0. The van der Waals surface area contributed by atoms with E-state index in [4.69, 9.17) is 9.63 Å². The lowest BCUT2D eigenvalue weighted by atomic mass is 10.0. The van der Waals surface area contributed by atoms with E-state index >= 15 is 0 Å². The Labute approximate surface area is 116 Å². The molecule has 102 valence electrons. The highest BCUT2D eigenvalue weighted by atomic mass is 16.5. The van der Waals surface area contributed by atoms with Crippen LogP contribution in [-0.2, 0) is 6.54 Å². The summed E-state index contributed by atoms with van der Waals surface area (Å²) in [6.45, 7) is 1.98. The summed E-state index contributed by atoms with van der Waals surface area (Å²) >= 11 is 0. The maximum absolute atomic E-state index is 12.0. The normalized spacial score (nSPS) is 9.70. The predicted octanol–water partition coefficient (Wildman–Crippen LogP) is 1.26. The summed E-state index contributed by atoms with van der Waals surface area (Å²) in [5.41, 5.74) is 2.24. The van der Waals surface area contributed by atoms with Crippen LogP contribution in [0, 0.1) is 18.8 Å². The van der Waals surface area contributed by atoms with Gasteiger partial charge in [-0.2, -0.15) is 0 Å². The number of nitrogens with zero attached hydrogens (tertiary/aromatic N) is 1. The quantitative estimate of drug-likeness (QED) is 0.823. The minimum atomic E-state index is -0.189. The zero-order valence-corrected chi connectivity index (χ0v) is 11.0.